The minimum absolute atomic E-state index is 0.0573. The first-order valence-corrected chi connectivity index (χ1v) is 14.5. The fraction of sp³-hybridized carbons (Fsp3) is 0.158. The van der Waals surface area contributed by atoms with Crippen molar-refractivity contribution in [3.8, 4) is 11.5 Å². The Morgan fingerprint density at radius 3 is 1.98 bits per heavy atom. The van der Waals surface area contributed by atoms with E-state index in [-0.39, 0.29) is 6.42 Å². The quantitative estimate of drug-likeness (QED) is 0.170. The Balaban J connectivity index is 1.16. The van der Waals surface area contributed by atoms with Crippen LogP contribution in [0.3, 0.4) is 0 Å². The molecule has 0 bridgehead atoms. The molecule has 1 N–H and O–H groups in total. The molecule has 1 atom stereocenters. The summed E-state index contributed by atoms with van der Waals surface area (Å²) in [6.07, 6.45) is 0.515. The number of hydrogen-bond acceptors (Lipinski definition) is 4. The zero-order valence-electron chi connectivity index (χ0n) is 24.1. The molecule has 0 fully saturated rings. The van der Waals surface area contributed by atoms with Gasteiger partial charge in [0.1, 0.15) is 24.7 Å². The molecular formula is C38H33NO4. The lowest BCUT2D eigenvalue weighted by Gasteiger charge is -2.31. The Hall–Kier alpha value is -5.16. The minimum atomic E-state index is -0.816. The van der Waals surface area contributed by atoms with Crippen molar-refractivity contribution in [3.63, 3.8) is 0 Å². The van der Waals surface area contributed by atoms with Gasteiger partial charge < -0.3 is 14.6 Å². The zero-order chi connectivity index (χ0) is 29.6. The maximum atomic E-state index is 11.6. The predicted molar refractivity (Wildman–Crippen MR) is 171 cm³/mol. The summed E-state index contributed by atoms with van der Waals surface area (Å²) in [6.45, 7) is 2.92. The molecule has 0 aliphatic rings. The summed E-state index contributed by atoms with van der Waals surface area (Å²) in [6, 6.07) is 42.5. The van der Waals surface area contributed by atoms with Gasteiger partial charge in [-0.25, -0.2) is 4.98 Å². The highest BCUT2D eigenvalue weighted by Gasteiger charge is 2.30. The second-order valence-corrected chi connectivity index (χ2v) is 11.0. The number of aliphatic carboxylic acids is 1. The second kappa shape index (κ2) is 12.4. The van der Waals surface area contributed by atoms with E-state index in [9.17, 15) is 9.90 Å². The lowest BCUT2D eigenvalue weighted by molar-refractivity contribution is -0.137. The molecule has 1 heterocycles. The molecule has 1 aromatic heterocycles. The lowest BCUT2D eigenvalue weighted by atomic mass is 9.73. The van der Waals surface area contributed by atoms with Crippen molar-refractivity contribution >= 4 is 27.6 Å². The van der Waals surface area contributed by atoms with Crippen LogP contribution in [0.5, 0.6) is 11.5 Å². The van der Waals surface area contributed by atoms with Crippen LogP contribution in [0.15, 0.2) is 127 Å². The van der Waals surface area contributed by atoms with Crippen molar-refractivity contribution in [1.82, 2.24) is 4.98 Å². The Bertz CT molecular complexity index is 1860. The van der Waals surface area contributed by atoms with Crippen LogP contribution in [-0.4, -0.2) is 16.1 Å². The fourth-order valence-electron chi connectivity index (χ4n) is 5.58. The summed E-state index contributed by atoms with van der Waals surface area (Å²) in [5.74, 6) is 0.684. The van der Waals surface area contributed by atoms with Crippen molar-refractivity contribution in [2.24, 2.45) is 0 Å². The number of carboxylic acids is 1. The molecule has 0 spiro atoms. The standard InChI is InChI=1S/C38H33NO4/c1-38(24-23-37(40)41,30-14-19-33(20-15-30)42-25-29-10-6-9-27-7-2-4-11-35(27)29)31-16-21-34(22-17-31)43-26-32-18-13-28-8-3-5-12-36(28)39-32/h2-22H,23-26H2,1H3,(H,40,41). The van der Waals surface area contributed by atoms with Crippen LogP contribution in [0.4, 0.5) is 0 Å². The van der Waals surface area contributed by atoms with E-state index in [0.29, 0.717) is 19.6 Å². The number of carbonyl (C=O) groups is 1. The third-order valence-corrected chi connectivity index (χ3v) is 8.14. The molecule has 0 radical (unpaired) electrons. The van der Waals surface area contributed by atoms with E-state index in [1.807, 2.05) is 91.0 Å². The van der Waals surface area contributed by atoms with Crippen LogP contribution in [-0.2, 0) is 23.4 Å². The summed E-state index contributed by atoms with van der Waals surface area (Å²) in [5, 5.41) is 13.0. The van der Waals surface area contributed by atoms with E-state index in [4.69, 9.17) is 9.47 Å². The van der Waals surface area contributed by atoms with Gasteiger partial charge in [-0.2, -0.15) is 0 Å². The highest BCUT2D eigenvalue weighted by atomic mass is 16.5. The molecule has 214 valence electrons. The Morgan fingerprint density at radius 2 is 1.28 bits per heavy atom. The molecule has 1 unspecified atom stereocenters. The van der Waals surface area contributed by atoms with E-state index in [2.05, 4.69) is 48.3 Å². The first-order valence-electron chi connectivity index (χ1n) is 14.5. The van der Waals surface area contributed by atoms with Gasteiger partial charge in [-0.1, -0.05) is 97.9 Å². The van der Waals surface area contributed by atoms with Gasteiger partial charge in [-0.3, -0.25) is 4.79 Å². The summed E-state index contributed by atoms with van der Waals surface area (Å²) >= 11 is 0. The number of nitrogens with zero attached hydrogens (tertiary/aromatic N) is 1. The van der Waals surface area contributed by atoms with Gasteiger partial charge in [0.25, 0.3) is 0 Å². The van der Waals surface area contributed by atoms with Crippen molar-refractivity contribution in [2.45, 2.75) is 38.4 Å². The molecule has 5 aromatic carbocycles. The Morgan fingerprint density at radius 1 is 0.674 bits per heavy atom. The molecule has 43 heavy (non-hydrogen) atoms. The van der Waals surface area contributed by atoms with E-state index in [1.54, 1.807) is 0 Å². The van der Waals surface area contributed by atoms with Crippen molar-refractivity contribution in [1.29, 1.82) is 0 Å². The molecule has 5 nitrogen and oxygen atoms in total. The highest BCUT2D eigenvalue weighted by Crippen LogP contribution is 2.38. The number of benzene rings is 5. The van der Waals surface area contributed by atoms with Crippen molar-refractivity contribution < 1.29 is 19.4 Å². The third kappa shape index (κ3) is 6.36. The summed E-state index contributed by atoms with van der Waals surface area (Å²) in [5.41, 5.74) is 4.47. The molecule has 5 heteroatoms. The molecule has 0 amide bonds. The molecule has 0 aliphatic carbocycles. The molecule has 0 saturated heterocycles. The predicted octanol–water partition coefficient (Wildman–Crippen LogP) is 8.72. The molecule has 0 saturated carbocycles. The van der Waals surface area contributed by atoms with Crippen LogP contribution in [0, 0.1) is 0 Å². The SMILES string of the molecule is CC(CCC(=O)O)(c1ccc(OCc2ccc3ccccc3n2)cc1)c1ccc(OCc2cccc3ccccc23)cc1. The van der Waals surface area contributed by atoms with Crippen molar-refractivity contribution in [3.05, 3.63) is 150 Å². The van der Waals surface area contributed by atoms with E-state index < -0.39 is 11.4 Å². The smallest absolute Gasteiger partial charge is 0.303 e. The fourth-order valence-corrected chi connectivity index (χ4v) is 5.58. The van der Waals surface area contributed by atoms with Crippen molar-refractivity contribution in [2.75, 3.05) is 0 Å². The second-order valence-electron chi connectivity index (χ2n) is 11.0. The van der Waals surface area contributed by atoms with Crippen LogP contribution in [0.1, 0.15) is 42.1 Å². The average molecular weight is 568 g/mol. The number of rotatable bonds is 11. The van der Waals surface area contributed by atoms with Crippen LogP contribution in [0.2, 0.25) is 0 Å². The molecular weight excluding hydrogens is 534 g/mol. The number of aromatic nitrogens is 1. The van der Waals surface area contributed by atoms with Gasteiger partial charge >= 0.3 is 5.97 Å². The molecule has 0 aliphatic heterocycles. The van der Waals surface area contributed by atoms with Crippen LogP contribution >= 0.6 is 0 Å². The van der Waals surface area contributed by atoms with Crippen LogP contribution in [0.25, 0.3) is 21.7 Å². The van der Waals surface area contributed by atoms with E-state index in [0.717, 1.165) is 44.8 Å². The highest BCUT2D eigenvalue weighted by molar-refractivity contribution is 5.85. The average Bonchev–Trinajstić information content (AvgIpc) is 3.05. The molecule has 6 aromatic rings. The van der Waals surface area contributed by atoms with Crippen LogP contribution < -0.4 is 9.47 Å². The number of hydrogen-bond donors (Lipinski definition) is 1. The van der Waals surface area contributed by atoms with Gasteiger partial charge in [0.2, 0.25) is 0 Å². The number of ether oxygens (including phenoxy) is 2. The monoisotopic (exact) mass is 567 g/mol. The van der Waals surface area contributed by atoms with Gasteiger partial charge in [0.05, 0.1) is 11.2 Å². The normalized spacial score (nSPS) is 12.6. The van der Waals surface area contributed by atoms with E-state index in [1.165, 1.54) is 10.8 Å². The zero-order valence-corrected chi connectivity index (χ0v) is 24.1. The Labute approximate surface area is 251 Å². The first kappa shape index (κ1) is 28.0. The summed E-state index contributed by atoms with van der Waals surface area (Å²) < 4.78 is 12.2. The number of fused-ring (bicyclic) bond motifs is 2. The third-order valence-electron chi connectivity index (χ3n) is 8.14. The summed E-state index contributed by atoms with van der Waals surface area (Å²) in [4.78, 5) is 16.3. The van der Waals surface area contributed by atoms with Gasteiger partial charge in [-0.15, -0.1) is 0 Å². The number of pyridine rings is 1. The topological polar surface area (TPSA) is 68.7 Å². The maximum Gasteiger partial charge on any atom is 0.303 e. The first-order chi connectivity index (χ1) is 21.0. The van der Waals surface area contributed by atoms with E-state index >= 15 is 0 Å². The van der Waals surface area contributed by atoms with Gasteiger partial charge in [0, 0.05) is 17.2 Å². The lowest BCUT2D eigenvalue weighted by Crippen LogP contribution is -2.25. The summed E-state index contributed by atoms with van der Waals surface area (Å²) in [7, 11) is 0. The van der Waals surface area contributed by atoms with Gasteiger partial charge in [-0.05, 0) is 70.3 Å². The van der Waals surface area contributed by atoms with Gasteiger partial charge in [0.15, 0.2) is 0 Å². The maximum absolute atomic E-state index is 11.6. The number of carboxylic acid groups (broad SMARTS) is 1. The largest absolute Gasteiger partial charge is 0.489 e. The molecule has 6 rings (SSSR count). The Kier molecular flexibility index (Phi) is 8.05. The minimum Gasteiger partial charge on any atom is -0.489 e. The number of para-hydroxylation sites is 1.